The lowest BCUT2D eigenvalue weighted by molar-refractivity contribution is 0.389. The molecule has 0 aliphatic rings. The highest BCUT2D eigenvalue weighted by atomic mass is 32.1. The van der Waals surface area contributed by atoms with Gasteiger partial charge >= 0.3 is 0 Å². The zero-order valence-corrected chi connectivity index (χ0v) is 15.7. The van der Waals surface area contributed by atoms with E-state index in [9.17, 15) is 0 Å². The van der Waals surface area contributed by atoms with Gasteiger partial charge in [0.15, 0.2) is 0 Å². The summed E-state index contributed by atoms with van der Waals surface area (Å²) in [6, 6.07) is 0. The summed E-state index contributed by atoms with van der Waals surface area (Å²) in [7, 11) is 0. The maximum absolute atomic E-state index is 5.25. The highest BCUT2D eigenvalue weighted by molar-refractivity contribution is 8.10. The third-order valence-electron chi connectivity index (χ3n) is 3.69. The highest BCUT2D eigenvalue weighted by Gasteiger charge is 2.06. The molecule has 20 heavy (non-hydrogen) atoms. The summed E-state index contributed by atoms with van der Waals surface area (Å²) in [5.41, 5.74) is 0. The van der Waals surface area contributed by atoms with Crippen molar-refractivity contribution >= 4 is 29.2 Å². The number of thiol groups is 1. The molecule has 120 valence electrons. The minimum absolute atomic E-state index is 0.776. The first-order valence-electron chi connectivity index (χ1n) is 8.41. The molecule has 0 radical (unpaired) electrons. The Labute approximate surface area is 138 Å². The van der Waals surface area contributed by atoms with Gasteiger partial charge < -0.3 is 4.90 Å². The van der Waals surface area contributed by atoms with Gasteiger partial charge in [0, 0.05) is 13.1 Å². The zero-order chi connectivity index (χ0) is 15.4. The van der Waals surface area contributed by atoms with Crippen molar-refractivity contribution in [2.45, 2.75) is 79.1 Å². The Morgan fingerprint density at radius 2 is 1.20 bits per heavy atom. The van der Waals surface area contributed by atoms with Crippen molar-refractivity contribution in [2.24, 2.45) is 11.8 Å². The second-order valence-corrected chi connectivity index (χ2v) is 7.87. The standard InChI is InChI=1S/C17H35NS2/c1-15(2)11-7-5-9-13-18(17(19)20)14-10-6-8-12-16(3)4/h15-16H,5-14H2,1-4H3,(H,19,20). The maximum Gasteiger partial charge on any atom is 0.133 e. The van der Waals surface area contributed by atoms with Crippen LogP contribution in [0.15, 0.2) is 0 Å². The Balaban J connectivity index is 3.64. The van der Waals surface area contributed by atoms with Crippen LogP contribution in [0, 0.1) is 11.8 Å². The topological polar surface area (TPSA) is 3.24 Å². The molecule has 0 unspecified atom stereocenters. The average Bonchev–Trinajstić information content (AvgIpc) is 2.34. The molecule has 0 atom stereocenters. The molecule has 0 aromatic rings. The number of rotatable bonds is 12. The van der Waals surface area contributed by atoms with Crippen molar-refractivity contribution in [2.75, 3.05) is 13.1 Å². The molecular weight excluding hydrogens is 282 g/mol. The molecule has 0 saturated carbocycles. The van der Waals surface area contributed by atoms with E-state index < -0.39 is 0 Å². The number of hydrogen-bond donors (Lipinski definition) is 1. The first-order valence-corrected chi connectivity index (χ1v) is 9.27. The molecule has 0 aromatic carbocycles. The second kappa shape index (κ2) is 12.9. The summed E-state index contributed by atoms with van der Waals surface area (Å²) in [6.45, 7) is 11.4. The van der Waals surface area contributed by atoms with Crippen LogP contribution in [0.3, 0.4) is 0 Å². The van der Waals surface area contributed by atoms with E-state index in [-0.39, 0.29) is 0 Å². The largest absolute Gasteiger partial charge is 0.358 e. The summed E-state index contributed by atoms with van der Waals surface area (Å²) in [5.74, 6) is 1.66. The molecule has 0 spiro atoms. The number of unbranched alkanes of at least 4 members (excludes halogenated alkanes) is 4. The fraction of sp³-hybridized carbons (Fsp3) is 0.941. The van der Waals surface area contributed by atoms with E-state index in [0.29, 0.717) is 0 Å². The fourth-order valence-electron chi connectivity index (χ4n) is 2.37. The van der Waals surface area contributed by atoms with Crippen LogP contribution in [0.25, 0.3) is 0 Å². The van der Waals surface area contributed by atoms with Crippen molar-refractivity contribution in [3.05, 3.63) is 0 Å². The van der Waals surface area contributed by atoms with Gasteiger partial charge in [0.25, 0.3) is 0 Å². The molecule has 0 aliphatic heterocycles. The zero-order valence-electron chi connectivity index (χ0n) is 14.0. The van der Waals surface area contributed by atoms with Crippen molar-refractivity contribution in [1.29, 1.82) is 0 Å². The van der Waals surface area contributed by atoms with Crippen LogP contribution in [0.2, 0.25) is 0 Å². The summed E-state index contributed by atoms with van der Waals surface area (Å²) in [6.07, 6.45) is 10.5. The molecule has 0 aliphatic carbocycles. The lowest BCUT2D eigenvalue weighted by atomic mass is 10.0. The van der Waals surface area contributed by atoms with Gasteiger partial charge in [-0.05, 0) is 24.7 Å². The van der Waals surface area contributed by atoms with E-state index in [1.807, 2.05) is 0 Å². The highest BCUT2D eigenvalue weighted by Crippen LogP contribution is 2.12. The van der Waals surface area contributed by atoms with Crippen LogP contribution in [0.1, 0.15) is 79.1 Å². The fourth-order valence-corrected chi connectivity index (χ4v) is 2.75. The monoisotopic (exact) mass is 317 g/mol. The maximum atomic E-state index is 5.25. The van der Waals surface area contributed by atoms with Gasteiger partial charge in [0.1, 0.15) is 4.32 Å². The van der Waals surface area contributed by atoms with Gasteiger partial charge in [-0.2, -0.15) is 0 Å². The van der Waals surface area contributed by atoms with E-state index in [2.05, 4.69) is 45.2 Å². The second-order valence-electron chi connectivity index (χ2n) is 6.76. The summed E-state index contributed by atoms with van der Waals surface area (Å²) in [5, 5.41) is 0. The number of thiocarbonyl (C=S) groups is 1. The van der Waals surface area contributed by atoms with Gasteiger partial charge in [0.05, 0.1) is 0 Å². The molecule has 0 aromatic heterocycles. The van der Waals surface area contributed by atoms with E-state index in [4.69, 9.17) is 12.2 Å². The Morgan fingerprint density at radius 1 is 0.800 bits per heavy atom. The van der Waals surface area contributed by atoms with Gasteiger partial charge in [-0.3, -0.25) is 0 Å². The van der Waals surface area contributed by atoms with Crippen LogP contribution < -0.4 is 0 Å². The normalized spacial score (nSPS) is 11.3. The predicted octanol–water partition coefficient (Wildman–Crippen LogP) is 5.94. The van der Waals surface area contributed by atoms with Gasteiger partial charge in [-0.1, -0.05) is 78.4 Å². The first kappa shape index (κ1) is 20.2. The first-order chi connectivity index (χ1) is 9.43. The van der Waals surface area contributed by atoms with E-state index in [1.165, 1.54) is 51.4 Å². The van der Waals surface area contributed by atoms with Gasteiger partial charge in [0.2, 0.25) is 0 Å². The van der Waals surface area contributed by atoms with Gasteiger partial charge in [-0.15, -0.1) is 12.6 Å². The van der Waals surface area contributed by atoms with Crippen LogP contribution in [0.4, 0.5) is 0 Å². The third kappa shape index (κ3) is 13.2. The molecule has 0 N–H and O–H groups in total. The summed E-state index contributed by atoms with van der Waals surface area (Å²) >= 11 is 9.61. The van der Waals surface area contributed by atoms with Gasteiger partial charge in [-0.25, -0.2) is 0 Å². The number of hydrogen-bond acceptors (Lipinski definition) is 1. The predicted molar refractivity (Wildman–Crippen MR) is 99.8 cm³/mol. The molecule has 3 heteroatoms. The van der Waals surface area contributed by atoms with E-state index in [1.54, 1.807) is 0 Å². The molecular formula is C17H35NS2. The quantitative estimate of drug-likeness (QED) is 0.270. The van der Waals surface area contributed by atoms with E-state index >= 15 is 0 Å². The third-order valence-corrected chi connectivity index (χ3v) is 4.23. The molecule has 0 rings (SSSR count). The molecule has 1 nitrogen and oxygen atoms in total. The van der Waals surface area contributed by atoms with Crippen molar-refractivity contribution in [3.8, 4) is 0 Å². The van der Waals surface area contributed by atoms with Crippen LogP contribution in [-0.2, 0) is 0 Å². The lowest BCUT2D eigenvalue weighted by Crippen LogP contribution is -2.28. The Morgan fingerprint density at radius 3 is 1.50 bits per heavy atom. The molecule has 0 bridgehead atoms. The minimum atomic E-state index is 0.776. The number of nitrogens with zero attached hydrogens (tertiary/aromatic N) is 1. The SMILES string of the molecule is CC(C)CCCCCN(CCCCCC(C)C)C(=S)S. The average molecular weight is 318 g/mol. The van der Waals surface area contributed by atoms with Crippen molar-refractivity contribution in [1.82, 2.24) is 4.90 Å². The summed E-state index contributed by atoms with van der Waals surface area (Å²) in [4.78, 5) is 2.28. The van der Waals surface area contributed by atoms with Crippen LogP contribution in [-0.4, -0.2) is 22.3 Å². The molecule has 0 amide bonds. The summed E-state index contributed by atoms with van der Waals surface area (Å²) < 4.78 is 0.776. The van der Waals surface area contributed by atoms with E-state index in [0.717, 1.165) is 29.2 Å². The molecule has 0 fully saturated rings. The Kier molecular flexibility index (Phi) is 13.1. The lowest BCUT2D eigenvalue weighted by Gasteiger charge is -2.22. The van der Waals surface area contributed by atoms with Crippen molar-refractivity contribution < 1.29 is 0 Å². The smallest absolute Gasteiger partial charge is 0.133 e. The van der Waals surface area contributed by atoms with Crippen LogP contribution >= 0.6 is 24.8 Å². The van der Waals surface area contributed by atoms with Crippen molar-refractivity contribution in [3.63, 3.8) is 0 Å². The minimum Gasteiger partial charge on any atom is -0.358 e. The van der Waals surface area contributed by atoms with Crippen LogP contribution in [0.5, 0.6) is 0 Å². The molecule has 0 heterocycles. The Hall–Kier alpha value is 0.240. The molecule has 0 saturated heterocycles. The Bertz CT molecular complexity index is 221.